The van der Waals surface area contributed by atoms with Crippen LogP contribution >= 0.6 is 0 Å². The van der Waals surface area contributed by atoms with E-state index in [4.69, 9.17) is 15.3 Å². The van der Waals surface area contributed by atoms with Crippen LogP contribution in [0.2, 0.25) is 0 Å². The van der Waals surface area contributed by atoms with Gasteiger partial charge in [0.15, 0.2) is 0 Å². The van der Waals surface area contributed by atoms with E-state index in [0.29, 0.717) is 0 Å². The molecule has 1 aromatic carbocycles. The molecule has 18 heavy (non-hydrogen) atoms. The van der Waals surface area contributed by atoms with E-state index in [0.717, 1.165) is 17.7 Å². The first-order valence-corrected chi connectivity index (χ1v) is 5.91. The lowest BCUT2D eigenvalue weighted by molar-refractivity contribution is -0.126. The summed E-state index contributed by atoms with van der Waals surface area (Å²) in [6.07, 6.45) is 0.753. The molecule has 0 aromatic heterocycles. The molecule has 1 atom stereocenters. The van der Waals surface area contributed by atoms with Crippen molar-refractivity contribution < 1.29 is 14.4 Å². The zero-order chi connectivity index (χ0) is 13.2. The quantitative estimate of drug-likeness (QED) is 0.790. The molecular formula is C13H18N2O3. The van der Waals surface area contributed by atoms with Crippen molar-refractivity contribution in [2.24, 2.45) is 5.73 Å². The summed E-state index contributed by atoms with van der Waals surface area (Å²) in [5.41, 5.74) is 8.66. The number of fused-ring (bicyclic) bond motifs is 1. The van der Waals surface area contributed by atoms with Gasteiger partial charge in [-0.05, 0) is 19.9 Å². The molecule has 1 unspecified atom stereocenters. The second-order valence-electron chi connectivity index (χ2n) is 5.03. The third-order valence-corrected chi connectivity index (χ3v) is 2.82. The van der Waals surface area contributed by atoms with E-state index in [2.05, 4.69) is 5.48 Å². The Kier molecular flexibility index (Phi) is 3.54. The van der Waals surface area contributed by atoms with Crippen LogP contribution in [-0.4, -0.2) is 18.1 Å². The van der Waals surface area contributed by atoms with Gasteiger partial charge >= 0.3 is 0 Å². The summed E-state index contributed by atoms with van der Waals surface area (Å²) in [6.45, 7) is 3.90. The fraction of sp³-hybridized carbons (Fsp3) is 0.462. The van der Waals surface area contributed by atoms with Crippen LogP contribution in [0.1, 0.15) is 31.9 Å². The minimum absolute atomic E-state index is 0.00991. The number of nitrogens with two attached hydrogens (primary N) is 1. The molecule has 5 nitrogen and oxygen atoms in total. The lowest BCUT2D eigenvalue weighted by atomic mass is 9.90. The van der Waals surface area contributed by atoms with Gasteiger partial charge in [-0.1, -0.05) is 18.2 Å². The number of para-hydroxylation sites is 1. The average Bonchev–Trinajstić information content (AvgIpc) is 2.27. The number of benzene rings is 1. The molecule has 1 amide bonds. The molecule has 5 heteroatoms. The number of hydroxylamine groups is 1. The Balaban J connectivity index is 2.12. The molecule has 2 rings (SSSR count). The minimum Gasteiger partial charge on any atom is -0.487 e. The number of hydrogen-bond acceptors (Lipinski definition) is 4. The number of rotatable bonds is 4. The van der Waals surface area contributed by atoms with Crippen molar-refractivity contribution in [3.05, 3.63) is 29.8 Å². The first kappa shape index (κ1) is 12.9. The topological polar surface area (TPSA) is 73.6 Å². The van der Waals surface area contributed by atoms with Crippen LogP contribution in [0, 0.1) is 0 Å². The predicted octanol–water partition coefficient (Wildman–Crippen LogP) is 1.30. The van der Waals surface area contributed by atoms with Gasteiger partial charge in [0.25, 0.3) is 0 Å². The van der Waals surface area contributed by atoms with E-state index >= 15 is 0 Å². The van der Waals surface area contributed by atoms with Gasteiger partial charge in [0.1, 0.15) is 18.0 Å². The van der Waals surface area contributed by atoms with Gasteiger partial charge in [0, 0.05) is 12.0 Å². The van der Waals surface area contributed by atoms with E-state index in [-0.39, 0.29) is 18.2 Å². The summed E-state index contributed by atoms with van der Waals surface area (Å²) in [7, 11) is 0. The van der Waals surface area contributed by atoms with Gasteiger partial charge in [-0.2, -0.15) is 5.48 Å². The van der Waals surface area contributed by atoms with E-state index in [1.807, 2.05) is 38.1 Å². The molecule has 0 saturated carbocycles. The maximum absolute atomic E-state index is 10.6. The second-order valence-corrected chi connectivity index (χ2v) is 5.03. The number of hydrogen-bond donors (Lipinski definition) is 2. The number of amides is 1. The maximum atomic E-state index is 10.6. The number of carbonyl (C=O) groups is 1. The molecular weight excluding hydrogens is 232 g/mol. The molecule has 0 spiro atoms. The third kappa shape index (κ3) is 3.00. The Bertz CT molecular complexity index is 446. The van der Waals surface area contributed by atoms with E-state index in [1.54, 1.807) is 0 Å². The molecule has 98 valence electrons. The van der Waals surface area contributed by atoms with E-state index in [1.165, 1.54) is 0 Å². The zero-order valence-electron chi connectivity index (χ0n) is 10.6. The van der Waals surface area contributed by atoms with Crippen LogP contribution < -0.4 is 16.0 Å². The molecule has 0 saturated heterocycles. The molecule has 1 heterocycles. The highest BCUT2D eigenvalue weighted by atomic mass is 16.6. The molecule has 1 aliphatic heterocycles. The fourth-order valence-corrected chi connectivity index (χ4v) is 2.12. The Morgan fingerprint density at radius 1 is 1.56 bits per heavy atom. The SMILES string of the molecule is CC1(C)CC(NOCC(N)=O)c2ccccc2O1. The summed E-state index contributed by atoms with van der Waals surface area (Å²) in [5.74, 6) is 0.344. The van der Waals surface area contributed by atoms with Crippen molar-refractivity contribution in [3.8, 4) is 5.75 Å². The van der Waals surface area contributed by atoms with Crippen molar-refractivity contribution in [2.75, 3.05) is 6.61 Å². The van der Waals surface area contributed by atoms with Gasteiger partial charge in [-0.25, -0.2) is 0 Å². The van der Waals surface area contributed by atoms with Gasteiger partial charge in [-0.15, -0.1) is 0 Å². The van der Waals surface area contributed by atoms with Crippen LogP contribution in [0.3, 0.4) is 0 Å². The molecule has 0 bridgehead atoms. The molecule has 0 aliphatic carbocycles. The van der Waals surface area contributed by atoms with Gasteiger partial charge in [0.05, 0.1) is 6.04 Å². The monoisotopic (exact) mass is 250 g/mol. The number of primary amides is 1. The largest absolute Gasteiger partial charge is 0.487 e. The molecule has 0 fully saturated rings. The highest BCUT2D eigenvalue weighted by Gasteiger charge is 2.33. The van der Waals surface area contributed by atoms with Crippen LogP contribution in [0.25, 0.3) is 0 Å². The van der Waals surface area contributed by atoms with Crippen LogP contribution in [-0.2, 0) is 9.63 Å². The zero-order valence-corrected chi connectivity index (χ0v) is 10.6. The summed E-state index contributed by atoms with van der Waals surface area (Å²) in [5, 5.41) is 0. The molecule has 3 N–H and O–H groups in total. The highest BCUT2D eigenvalue weighted by Crippen LogP contribution is 2.39. The van der Waals surface area contributed by atoms with Gasteiger partial charge < -0.3 is 10.5 Å². The lowest BCUT2D eigenvalue weighted by Gasteiger charge is -2.37. The minimum atomic E-state index is -0.498. The number of nitrogens with one attached hydrogen (secondary N) is 1. The number of carbonyl (C=O) groups excluding carboxylic acids is 1. The summed E-state index contributed by atoms with van der Waals surface area (Å²) >= 11 is 0. The Morgan fingerprint density at radius 2 is 2.28 bits per heavy atom. The Hall–Kier alpha value is -1.59. The van der Waals surface area contributed by atoms with Crippen molar-refractivity contribution in [1.29, 1.82) is 0 Å². The van der Waals surface area contributed by atoms with Crippen LogP contribution in [0.5, 0.6) is 5.75 Å². The second kappa shape index (κ2) is 4.96. The van der Waals surface area contributed by atoms with E-state index < -0.39 is 5.91 Å². The highest BCUT2D eigenvalue weighted by molar-refractivity contribution is 5.74. The van der Waals surface area contributed by atoms with Crippen molar-refractivity contribution >= 4 is 5.91 Å². The standard InChI is InChI=1S/C13H18N2O3/c1-13(2)7-10(15-17-8-12(14)16)9-5-3-4-6-11(9)18-13/h3-6,10,15H,7-8H2,1-2H3,(H2,14,16). The normalized spacial score (nSPS) is 20.9. The Labute approximate surface area is 106 Å². The van der Waals surface area contributed by atoms with Crippen molar-refractivity contribution in [3.63, 3.8) is 0 Å². The van der Waals surface area contributed by atoms with Gasteiger partial charge in [-0.3, -0.25) is 9.63 Å². The van der Waals surface area contributed by atoms with Crippen molar-refractivity contribution in [2.45, 2.75) is 31.9 Å². The molecule has 1 aromatic rings. The maximum Gasteiger partial charge on any atom is 0.245 e. The third-order valence-electron chi connectivity index (χ3n) is 2.82. The number of ether oxygens (including phenoxy) is 1. The van der Waals surface area contributed by atoms with Crippen LogP contribution in [0.4, 0.5) is 0 Å². The molecule has 1 aliphatic rings. The summed E-state index contributed by atoms with van der Waals surface area (Å²) in [6, 6.07) is 7.78. The predicted molar refractivity (Wildman–Crippen MR) is 66.8 cm³/mol. The lowest BCUT2D eigenvalue weighted by Crippen LogP contribution is -2.40. The Morgan fingerprint density at radius 3 is 3.00 bits per heavy atom. The summed E-state index contributed by atoms with van der Waals surface area (Å²) in [4.78, 5) is 15.8. The molecule has 0 radical (unpaired) electrons. The average molecular weight is 250 g/mol. The fourth-order valence-electron chi connectivity index (χ4n) is 2.12. The smallest absolute Gasteiger partial charge is 0.245 e. The van der Waals surface area contributed by atoms with E-state index in [9.17, 15) is 4.79 Å². The van der Waals surface area contributed by atoms with Crippen molar-refractivity contribution in [1.82, 2.24) is 5.48 Å². The first-order valence-electron chi connectivity index (χ1n) is 5.91. The first-order chi connectivity index (χ1) is 8.48. The van der Waals surface area contributed by atoms with Crippen LogP contribution in [0.15, 0.2) is 24.3 Å². The van der Waals surface area contributed by atoms with Gasteiger partial charge in [0.2, 0.25) is 5.91 Å². The summed E-state index contributed by atoms with van der Waals surface area (Å²) < 4.78 is 5.89.